The van der Waals surface area contributed by atoms with Crippen molar-refractivity contribution in [3.63, 3.8) is 0 Å². The van der Waals surface area contributed by atoms with Crippen LogP contribution in [-0.4, -0.2) is 85.5 Å². The molecule has 0 aliphatic heterocycles. The van der Waals surface area contributed by atoms with Crippen molar-refractivity contribution in [2.75, 3.05) is 39.5 Å². The van der Waals surface area contributed by atoms with Crippen molar-refractivity contribution in [3.05, 3.63) is 24.3 Å². The summed E-state index contributed by atoms with van der Waals surface area (Å²) in [6.07, 6.45) is 36.4. The Bertz CT molecular complexity index is 1300. The van der Waals surface area contributed by atoms with Crippen molar-refractivity contribution in [2.24, 2.45) is 0 Å². The molecular weight excluding hydrogens is 844 g/mol. The number of allylic oxidation sites excluding steroid dienone is 4. The van der Waals surface area contributed by atoms with Crippen LogP contribution in [0.25, 0.3) is 0 Å². The molecule has 0 saturated carbocycles. The summed E-state index contributed by atoms with van der Waals surface area (Å²) in [5.74, 6) is -2.59. The second-order valence-corrected chi connectivity index (χ2v) is 17.8. The monoisotopic (exact) mass is 931 g/mol. The van der Waals surface area contributed by atoms with E-state index in [0.29, 0.717) is 12.8 Å². The van der Waals surface area contributed by atoms with E-state index in [2.05, 4.69) is 48.8 Å². The Morgan fingerprint density at radius 1 is 0.516 bits per heavy atom. The molecule has 2 atom stereocenters. The first-order valence-electron chi connectivity index (χ1n) is 24.6. The van der Waals surface area contributed by atoms with Crippen LogP contribution in [0.3, 0.4) is 0 Å². The third-order valence-electron chi connectivity index (χ3n) is 10.3. The number of phosphoric acid groups is 1. The van der Waals surface area contributed by atoms with Gasteiger partial charge in [0.2, 0.25) is 5.91 Å². The van der Waals surface area contributed by atoms with Crippen molar-refractivity contribution < 1.29 is 61.8 Å². The summed E-state index contributed by atoms with van der Waals surface area (Å²) in [6, 6.07) is 0. The van der Waals surface area contributed by atoms with Crippen LogP contribution in [0.1, 0.15) is 206 Å². The van der Waals surface area contributed by atoms with Crippen LogP contribution in [0, 0.1) is 0 Å². The lowest BCUT2D eigenvalue weighted by Gasteiger charge is -2.20. The van der Waals surface area contributed by atoms with Crippen molar-refractivity contribution in [3.8, 4) is 0 Å². The van der Waals surface area contributed by atoms with Crippen LogP contribution in [0.4, 0.5) is 4.79 Å². The van der Waals surface area contributed by atoms with Gasteiger partial charge in [0.25, 0.3) is 0 Å². The third kappa shape index (κ3) is 45.3. The Hall–Kier alpha value is -3.26. The molecule has 0 saturated heterocycles. The van der Waals surface area contributed by atoms with Crippen LogP contribution in [0.2, 0.25) is 0 Å². The molecule has 16 heteroatoms. The van der Waals surface area contributed by atoms with E-state index in [1.807, 2.05) is 0 Å². The lowest BCUT2D eigenvalue weighted by atomic mass is 10.1. The van der Waals surface area contributed by atoms with Crippen molar-refractivity contribution in [1.82, 2.24) is 10.6 Å². The molecule has 0 bridgehead atoms. The smallest absolute Gasteiger partial charge is 0.472 e. The second kappa shape index (κ2) is 44.9. The highest BCUT2D eigenvalue weighted by molar-refractivity contribution is 7.47. The predicted octanol–water partition coefficient (Wildman–Crippen LogP) is 11.4. The second-order valence-electron chi connectivity index (χ2n) is 16.4. The number of carboxylic acids is 1. The number of hydrogen-bond donors (Lipinski definition) is 4. The molecule has 0 heterocycles. The first-order valence-corrected chi connectivity index (χ1v) is 26.1. The topological polar surface area (TPSA) is 213 Å². The van der Waals surface area contributed by atoms with Gasteiger partial charge in [0.05, 0.1) is 26.2 Å². The summed E-state index contributed by atoms with van der Waals surface area (Å²) in [4.78, 5) is 69.5. The number of phosphoric ester groups is 1. The third-order valence-corrected chi connectivity index (χ3v) is 11.3. The Morgan fingerprint density at radius 2 is 0.969 bits per heavy atom. The van der Waals surface area contributed by atoms with Crippen LogP contribution in [0.15, 0.2) is 24.3 Å². The molecule has 0 fully saturated rings. The summed E-state index contributed by atoms with van der Waals surface area (Å²) in [6.45, 7) is 2.67. The molecule has 0 radical (unpaired) electrons. The van der Waals surface area contributed by atoms with Crippen LogP contribution in [-0.2, 0) is 47.0 Å². The lowest BCUT2D eigenvalue weighted by Crippen LogP contribution is -2.32. The summed E-state index contributed by atoms with van der Waals surface area (Å²) in [5, 5.41) is 13.3. The minimum absolute atomic E-state index is 0.0295. The number of nitrogens with one attached hydrogen (secondary N) is 2. The van der Waals surface area contributed by atoms with Gasteiger partial charge in [-0.1, -0.05) is 141 Å². The standard InChI is InChI=1S/C48H87N2O13P/c1-3-5-7-9-11-13-15-17-19-21-23-25-27-29-31-33-46(54)60-41-43(63-47(55)34-32-30-28-26-24-22-20-18-16-14-12-10-8-6-4-2)42-62-64(57,58)61-40-38-50-48(56)59-39-37-49-44(51)35-36-45(52)53/h17-20,43H,3-16,21-42H2,1-2H3,(H,49,51)(H,50,56)(H,52,53)(H,57,58). The molecule has 0 aliphatic carbocycles. The quantitative estimate of drug-likeness (QED) is 0.0147. The van der Waals surface area contributed by atoms with E-state index in [9.17, 15) is 33.4 Å². The first-order chi connectivity index (χ1) is 31.0. The number of aliphatic carboxylic acids is 1. The summed E-state index contributed by atoms with van der Waals surface area (Å²) < 4.78 is 38.4. The Labute approximate surface area is 385 Å². The van der Waals surface area contributed by atoms with Gasteiger partial charge in [-0.2, -0.15) is 0 Å². The van der Waals surface area contributed by atoms with Gasteiger partial charge in [0, 0.05) is 25.8 Å². The molecule has 0 aromatic heterocycles. The summed E-state index contributed by atoms with van der Waals surface area (Å²) in [5.41, 5.74) is 0. The summed E-state index contributed by atoms with van der Waals surface area (Å²) in [7, 11) is -4.67. The number of carbonyl (C=O) groups is 5. The van der Waals surface area contributed by atoms with Crippen LogP contribution >= 0.6 is 7.82 Å². The van der Waals surface area contributed by atoms with Crippen molar-refractivity contribution in [1.29, 1.82) is 0 Å². The van der Waals surface area contributed by atoms with E-state index in [0.717, 1.165) is 77.0 Å². The number of rotatable bonds is 46. The van der Waals surface area contributed by atoms with Crippen LogP contribution < -0.4 is 10.6 Å². The van der Waals surface area contributed by atoms with Crippen molar-refractivity contribution >= 4 is 37.7 Å². The maximum Gasteiger partial charge on any atom is 0.472 e. The van der Waals surface area contributed by atoms with E-state index < -0.39 is 57.0 Å². The van der Waals surface area contributed by atoms with Gasteiger partial charge in [-0.25, -0.2) is 9.36 Å². The van der Waals surface area contributed by atoms with Gasteiger partial charge in [0.15, 0.2) is 6.10 Å². The number of amides is 2. The molecular formula is C48H87N2O13P. The average Bonchev–Trinajstić information content (AvgIpc) is 3.26. The van der Waals surface area contributed by atoms with E-state index >= 15 is 0 Å². The first kappa shape index (κ1) is 60.7. The largest absolute Gasteiger partial charge is 0.481 e. The predicted molar refractivity (Wildman–Crippen MR) is 251 cm³/mol. The molecule has 15 nitrogen and oxygen atoms in total. The number of carboxylic acid groups (broad SMARTS) is 1. The zero-order chi connectivity index (χ0) is 47.2. The highest BCUT2D eigenvalue weighted by atomic mass is 31.2. The highest BCUT2D eigenvalue weighted by Gasteiger charge is 2.26. The van der Waals surface area contributed by atoms with E-state index in [1.165, 1.54) is 77.0 Å². The Balaban J connectivity index is 4.61. The molecule has 2 unspecified atom stereocenters. The van der Waals surface area contributed by atoms with Gasteiger partial charge in [-0.05, 0) is 64.2 Å². The lowest BCUT2D eigenvalue weighted by molar-refractivity contribution is -0.161. The van der Waals surface area contributed by atoms with E-state index in [1.54, 1.807) is 0 Å². The molecule has 0 aromatic rings. The molecule has 4 N–H and O–H groups in total. The summed E-state index contributed by atoms with van der Waals surface area (Å²) >= 11 is 0. The zero-order valence-electron chi connectivity index (χ0n) is 39.7. The average molecular weight is 931 g/mol. The minimum atomic E-state index is -4.67. The minimum Gasteiger partial charge on any atom is -0.481 e. The molecule has 0 spiro atoms. The molecule has 372 valence electrons. The highest BCUT2D eigenvalue weighted by Crippen LogP contribution is 2.43. The van der Waals surface area contributed by atoms with Gasteiger partial charge >= 0.3 is 31.8 Å². The van der Waals surface area contributed by atoms with Crippen molar-refractivity contribution in [2.45, 2.75) is 213 Å². The van der Waals surface area contributed by atoms with E-state index in [-0.39, 0.29) is 52.0 Å². The van der Waals surface area contributed by atoms with Gasteiger partial charge in [-0.3, -0.25) is 28.2 Å². The fourth-order valence-electron chi connectivity index (χ4n) is 6.52. The van der Waals surface area contributed by atoms with Crippen LogP contribution in [0.5, 0.6) is 0 Å². The number of esters is 2. The zero-order valence-corrected chi connectivity index (χ0v) is 40.6. The molecule has 0 rings (SSSR count). The van der Waals surface area contributed by atoms with Gasteiger partial charge < -0.3 is 34.8 Å². The molecule has 64 heavy (non-hydrogen) atoms. The molecule has 0 aliphatic rings. The number of alkyl carbamates (subject to hydrolysis) is 1. The maximum absolute atomic E-state index is 12.8. The number of hydrogen-bond acceptors (Lipinski definition) is 11. The van der Waals surface area contributed by atoms with Gasteiger partial charge in [-0.15, -0.1) is 0 Å². The van der Waals surface area contributed by atoms with Gasteiger partial charge in [0.1, 0.15) is 13.2 Å². The fourth-order valence-corrected chi connectivity index (χ4v) is 7.27. The fraction of sp³-hybridized carbons (Fsp3) is 0.812. The Kier molecular flexibility index (Phi) is 42.6. The number of unbranched alkanes of at least 4 members (excludes halogenated alkanes) is 22. The SMILES string of the molecule is CCCCCCCCC=CCCCCCCCC(=O)OCC(COP(=O)(O)OCCNC(=O)OCCNC(=O)CCC(=O)O)OC(=O)CCCCCCCC=CCCCCCCCC. The molecule has 2 amide bonds. The van der Waals surface area contributed by atoms with E-state index in [4.69, 9.17) is 28.4 Å². The Morgan fingerprint density at radius 3 is 1.47 bits per heavy atom. The number of carbonyl (C=O) groups excluding carboxylic acids is 4. The normalized spacial score (nSPS) is 12.9. The maximum atomic E-state index is 12.8. The molecule has 0 aromatic carbocycles. The number of ether oxygens (including phenoxy) is 3.